The van der Waals surface area contributed by atoms with Crippen LogP contribution in [0.25, 0.3) is 0 Å². The molecule has 2 unspecified atom stereocenters. The van der Waals surface area contributed by atoms with Gasteiger partial charge in [0.2, 0.25) is 0 Å². The summed E-state index contributed by atoms with van der Waals surface area (Å²) in [7, 11) is 0. The van der Waals surface area contributed by atoms with Crippen molar-refractivity contribution in [3.8, 4) is 0 Å². The van der Waals surface area contributed by atoms with Crippen LogP contribution in [0.2, 0.25) is 0 Å². The molecule has 1 heterocycles. The molecule has 12 heavy (non-hydrogen) atoms. The van der Waals surface area contributed by atoms with Gasteiger partial charge in [-0.1, -0.05) is 0 Å². The molecule has 0 aromatic rings. The van der Waals surface area contributed by atoms with Crippen molar-refractivity contribution in [1.82, 2.24) is 0 Å². The third kappa shape index (κ3) is 2.35. The molecule has 2 nitrogen and oxygen atoms in total. The summed E-state index contributed by atoms with van der Waals surface area (Å²) in [5.74, 6) is -0.779. The van der Waals surface area contributed by atoms with Gasteiger partial charge in [0.05, 0.1) is 6.61 Å². The van der Waals surface area contributed by atoms with Crippen molar-refractivity contribution in [2.45, 2.75) is 25.1 Å². The molecule has 1 saturated heterocycles. The van der Waals surface area contributed by atoms with Crippen LogP contribution in [0.3, 0.4) is 0 Å². The van der Waals surface area contributed by atoms with Crippen LogP contribution < -0.4 is 0 Å². The molecule has 1 aliphatic rings. The molecule has 1 fully saturated rings. The molecule has 1 aliphatic heterocycles. The summed E-state index contributed by atoms with van der Waals surface area (Å²) < 4.78 is 40.6. The van der Waals surface area contributed by atoms with E-state index in [0.29, 0.717) is 19.4 Å². The SMILES string of the molecule is OC(C1CCCOC1)C(F)(F)F. The fourth-order valence-corrected chi connectivity index (χ4v) is 1.28. The summed E-state index contributed by atoms with van der Waals surface area (Å²) in [4.78, 5) is 0. The van der Waals surface area contributed by atoms with E-state index in [9.17, 15) is 13.2 Å². The van der Waals surface area contributed by atoms with Crippen LogP contribution in [0.4, 0.5) is 13.2 Å². The van der Waals surface area contributed by atoms with Gasteiger partial charge in [-0.3, -0.25) is 0 Å². The van der Waals surface area contributed by atoms with Crippen LogP contribution in [-0.2, 0) is 4.74 Å². The van der Waals surface area contributed by atoms with E-state index in [0.717, 1.165) is 0 Å². The van der Waals surface area contributed by atoms with Gasteiger partial charge in [0, 0.05) is 12.5 Å². The largest absolute Gasteiger partial charge is 0.414 e. The topological polar surface area (TPSA) is 29.5 Å². The molecule has 0 amide bonds. The first-order valence-corrected chi connectivity index (χ1v) is 3.84. The molecule has 1 rings (SSSR count). The van der Waals surface area contributed by atoms with Gasteiger partial charge < -0.3 is 9.84 Å². The molecule has 5 heteroatoms. The summed E-state index contributed by atoms with van der Waals surface area (Å²) >= 11 is 0. The Kier molecular flexibility index (Phi) is 2.95. The van der Waals surface area contributed by atoms with Crippen molar-refractivity contribution in [2.24, 2.45) is 5.92 Å². The second kappa shape index (κ2) is 3.62. The molecule has 0 saturated carbocycles. The summed E-state index contributed by atoms with van der Waals surface area (Å²) in [5, 5.41) is 8.81. The van der Waals surface area contributed by atoms with Crippen LogP contribution in [-0.4, -0.2) is 30.6 Å². The highest BCUT2D eigenvalue weighted by Gasteiger charge is 2.43. The first kappa shape index (κ1) is 9.80. The van der Waals surface area contributed by atoms with Crippen LogP contribution >= 0.6 is 0 Å². The van der Waals surface area contributed by atoms with Crippen LogP contribution in [0.5, 0.6) is 0 Å². The third-order valence-electron chi connectivity index (χ3n) is 1.98. The Labute approximate surface area is 68.3 Å². The lowest BCUT2D eigenvalue weighted by molar-refractivity contribution is -0.228. The number of halogens is 3. The lowest BCUT2D eigenvalue weighted by Crippen LogP contribution is -2.39. The maximum atomic E-state index is 11.9. The van der Waals surface area contributed by atoms with Gasteiger partial charge in [0.1, 0.15) is 0 Å². The average Bonchev–Trinajstić information content (AvgIpc) is 2.03. The highest BCUT2D eigenvalue weighted by Crippen LogP contribution is 2.29. The van der Waals surface area contributed by atoms with E-state index in [2.05, 4.69) is 0 Å². The standard InChI is InChI=1S/C7H11F3O2/c8-7(9,10)6(11)5-2-1-3-12-4-5/h5-6,11H,1-4H2. The van der Waals surface area contributed by atoms with E-state index in [1.807, 2.05) is 0 Å². The zero-order valence-corrected chi connectivity index (χ0v) is 6.47. The fourth-order valence-electron chi connectivity index (χ4n) is 1.28. The number of hydrogen-bond acceptors (Lipinski definition) is 2. The van der Waals surface area contributed by atoms with Crippen molar-refractivity contribution in [2.75, 3.05) is 13.2 Å². The van der Waals surface area contributed by atoms with Crippen LogP contribution in [0.1, 0.15) is 12.8 Å². The highest BCUT2D eigenvalue weighted by molar-refractivity contribution is 4.77. The molecule has 72 valence electrons. The van der Waals surface area contributed by atoms with Gasteiger partial charge in [-0.05, 0) is 12.8 Å². The van der Waals surface area contributed by atoms with Gasteiger partial charge in [0.25, 0.3) is 0 Å². The lowest BCUT2D eigenvalue weighted by Gasteiger charge is -2.27. The summed E-state index contributed by atoms with van der Waals surface area (Å²) in [6.45, 7) is 0.516. The van der Waals surface area contributed by atoms with Crippen LogP contribution in [0, 0.1) is 5.92 Å². The summed E-state index contributed by atoms with van der Waals surface area (Å²) in [5.41, 5.74) is 0. The fraction of sp³-hybridized carbons (Fsp3) is 1.00. The van der Waals surface area contributed by atoms with Crippen LogP contribution in [0.15, 0.2) is 0 Å². The first-order chi connectivity index (χ1) is 5.52. The highest BCUT2D eigenvalue weighted by atomic mass is 19.4. The van der Waals surface area contributed by atoms with E-state index < -0.39 is 18.2 Å². The van der Waals surface area contributed by atoms with Crippen molar-refractivity contribution in [3.63, 3.8) is 0 Å². The minimum Gasteiger partial charge on any atom is -0.383 e. The number of aliphatic hydroxyl groups is 1. The summed E-state index contributed by atoms with van der Waals surface area (Å²) in [6, 6.07) is 0. The molecule has 0 aromatic heterocycles. The second-order valence-electron chi connectivity index (χ2n) is 2.96. The molecular weight excluding hydrogens is 173 g/mol. The van der Waals surface area contributed by atoms with Gasteiger partial charge in [0.15, 0.2) is 6.10 Å². The Bertz CT molecular complexity index is 140. The van der Waals surface area contributed by atoms with Gasteiger partial charge in [-0.25, -0.2) is 0 Å². The van der Waals surface area contributed by atoms with Gasteiger partial charge in [-0.15, -0.1) is 0 Å². The minimum atomic E-state index is -4.51. The Balaban J connectivity index is 2.45. The molecule has 2 atom stereocenters. The smallest absolute Gasteiger partial charge is 0.383 e. The second-order valence-corrected chi connectivity index (χ2v) is 2.96. The Morgan fingerprint density at radius 2 is 2.08 bits per heavy atom. The molecular formula is C7H11F3O2. The normalized spacial score (nSPS) is 28.5. The first-order valence-electron chi connectivity index (χ1n) is 3.84. The van der Waals surface area contributed by atoms with Crippen molar-refractivity contribution in [1.29, 1.82) is 0 Å². The zero-order chi connectivity index (χ0) is 9.19. The quantitative estimate of drug-likeness (QED) is 0.666. The van der Waals surface area contributed by atoms with Gasteiger partial charge in [-0.2, -0.15) is 13.2 Å². The van der Waals surface area contributed by atoms with Crippen molar-refractivity contribution >= 4 is 0 Å². The van der Waals surface area contributed by atoms with Gasteiger partial charge >= 0.3 is 6.18 Å². The maximum Gasteiger partial charge on any atom is 0.414 e. The average molecular weight is 184 g/mol. The van der Waals surface area contributed by atoms with E-state index in [1.165, 1.54) is 0 Å². The number of rotatable bonds is 1. The molecule has 1 N–H and O–H groups in total. The number of aliphatic hydroxyl groups excluding tert-OH is 1. The number of ether oxygens (including phenoxy) is 1. The summed E-state index contributed by atoms with van der Waals surface area (Å²) in [6.07, 6.45) is -5.75. The molecule has 0 aromatic carbocycles. The molecule has 0 aliphatic carbocycles. The van der Waals surface area contributed by atoms with Crippen molar-refractivity contribution in [3.05, 3.63) is 0 Å². The minimum absolute atomic E-state index is 0.0146. The zero-order valence-electron chi connectivity index (χ0n) is 6.47. The predicted molar refractivity (Wildman–Crippen MR) is 35.6 cm³/mol. The Morgan fingerprint density at radius 1 is 1.42 bits per heavy atom. The maximum absolute atomic E-state index is 11.9. The molecule has 0 bridgehead atoms. The van der Waals surface area contributed by atoms with E-state index >= 15 is 0 Å². The monoisotopic (exact) mass is 184 g/mol. The number of hydrogen-bond donors (Lipinski definition) is 1. The van der Waals surface area contributed by atoms with E-state index in [4.69, 9.17) is 9.84 Å². The number of alkyl halides is 3. The van der Waals surface area contributed by atoms with E-state index in [-0.39, 0.29) is 6.61 Å². The predicted octanol–water partition coefficient (Wildman–Crippen LogP) is 1.34. The van der Waals surface area contributed by atoms with E-state index in [1.54, 1.807) is 0 Å². The molecule has 0 radical (unpaired) electrons. The lowest BCUT2D eigenvalue weighted by atomic mass is 9.96. The third-order valence-corrected chi connectivity index (χ3v) is 1.98. The molecule has 0 spiro atoms. The van der Waals surface area contributed by atoms with Crippen molar-refractivity contribution < 1.29 is 23.0 Å². The Morgan fingerprint density at radius 3 is 2.50 bits per heavy atom. The Hall–Kier alpha value is -0.290.